The van der Waals surface area contributed by atoms with Gasteiger partial charge in [-0.3, -0.25) is 4.99 Å². The lowest BCUT2D eigenvalue weighted by atomic mass is 10.1. The van der Waals surface area contributed by atoms with Crippen LogP contribution in [0.15, 0.2) is 53.7 Å². The molecule has 1 aliphatic rings. The molecule has 3 N–H and O–H groups in total. The van der Waals surface area contributed by atoms with Crippen LogP contribution in [0.1, 0.15) is 31.9 Å². The van der Waals surface area contributed by atoms with E-state index in [9.17, 15) is 9.50 Å². The molecule has 1 fully saturated rings. The van der Waals surface area contributed by atoms with Crippen molar-refractivity contribution in [2.24, 2.45) is 4.99 Å². The SMILES string of the molecule is CCNC(=NCC(O)COC(C)c1ccccc1)NC1CCN(c2ncccc2F)C1. The number of nitrogens with one attached hydrogen (secondary N) is 2. The Labute approximate surface area is 183 Å². The third-order valence-corrected chi connectivity index (χ3v) is 5.18. The van der Waals surface area contributed by atoms with Gasteiger partial charge in [-0.1, -0.05) is 30.3 Å². The van der Waals surface area contributed by atoms with Gasteiger partial charge in [0.25, 0.3) is 0 Å². The lowest BCUT2D eigenvalue weighted by molar-refractivity contribution is 0.00111. The van der Waals surface area contributed by atoms with Gasteiger partial charge in [0.1, 0.15) is 0 Å². The first kappa shape index (κ1) is 23.0. The number of nitrogens with zero attached hydrogens (tertiary/aromatic N) is 3. The second-order valence-corrected chi connectivity index (χ2v) is 7.64. The summed E-state index contributed by atoms with van der Waals surface area (Å²) in [6, 6.07) is 13.0. The Balaban J connectivity index is 1.48. The third-order valence-electron chi connectivity index (χ3n) is 5.18. The van der Waals surface area contributed by atoms with Gasteiger partial charge in [-0.25, -0.2) is 9.37 Å². The second kappa shape index (κ2) is 11.6. The van der Waals surface area contributed by atoms with Gasteiger partial charge in [0, 0.05) is 31.9 Å². The topological polar surface area (TPSA) is 82.0 Å². The maximum atomic E-state index is 14.0. The molecule has 0 aliphatic carbocycles. The van der Waals surface area contributed by atoms with Crippen molar-refractivity contribution in [3.8, 4) is 0 Å². The first-order valence-corrected chi connectivity index (χ1v) is 10.8. The van der Waals surface area contributed by atoms with Crippen molar-refractivity contribution in [2.75, 3.05) is 37.7 Å². The minimum absolute atomic E-state index is 0.0948. The molecule has 2 heterocycles. The average molecular weight is 430 g/mol. The molecule has 0 saturated carbocycles. The van der Waals surface area contributed by atoms with E-state index < -0.39 is 6.10 Å². The molecule has 0 amide bonds. The molecule has 3 rings (SSSR count). The Morgan fingerprint density at radius 2 is 2.13 bits per heavy atom. The summed E-state index contributed by atoms with van der Waals surface area (Å²) in [5.74, 6) is 0.705. The molecule has 1 aromatic carbocycles. The number of pyridine rings is 1. The van der Waals surface area contributed by atoms with Gasteiger partial charge in [0.2, 0.25) is 0 Å². The minimum Gasteiger partial charge on any atom is -0.389 e. The largest absolute Gasteiger partial charge is 0.389 e. The highest BCUT2D eigenvalue weighted by Crippen LogP contribution is 2.20. The number of aromatic nitrogens is 1. The zero-order valence-electron chi connectivity index (χ0n) is 18.2. The molecular formula is C23H32FN5O2. The van der Waals surface area contributed by atoms with Crippen LogP contribution in [-0.4, -0.2) is 61.0 Å². The lowest BCUT2D eigenvalue weighted by Gasteiger charge is -2.20. The van der Waals surface area contributed by atoms with Crippen molar-refractivity contribution in [3.05, 3.63) is 60.0 Å². The maximum absolute atomic E-state index is 14.0. The number of hydrogen-bond acceptors (Lipinski definition) is 5. The van der Waals surface area contributed by atoms with Crippen molar-refractivity contribution >= 4 is 11.8 Å². The molecule has 3 atom stereocenters. The van der Waals surface area contributed by atoms with Gasteiger partial charge in [0.05, 0.1) is 25.4 Å². The number of benzene rings is 1. The Morgan fingerprint density at radius 3 is 2.87 bits per heavy atom. The minimum atomic E-state index is -0.704. The number of aliphatic hydroxyl groups is 1. The van der Waals surface area contributed by atoms with Gasteiger partial charge in [-0.05, 0) is 38.0 Å². The molecule has 1 aliphatic heterocycles. The van der Waals surface area contributed by atoms with E-state index in [2.05, 4.69) is 20.6 Å². The fraction of sp³-hybridized carbons (Fsp3) is 0.478. The van der Waals surface area contributed by atoms with E-state index in [-0.39, 0.29) is 31.1 Å². The summed E-state index contributed by atoms with van der Waals surface area (Å²) in [5.41, 5.74) is 1.07. The normalized spacial score (nSPS) is 18.6. The Kier molecular flexibility index (Phi) is 8.61. The summed E-state index contributed by atoms with van der Waals surface area (Å²) in [5, 5.41) is 16.9. The van der Waals surface area contributed by atoms with Crippen LogP contribution in [0.4, 0.5) is 10.2 Å². The number of aliphatic hydroxyl groups excluding tert-OH is 1. The van der Waals surface area contributed by atoms with E-state index >= 15 is 0 Å². The smallest absolute Gasteiger partial charge is 0.191 e. The molecule has 3 unspecified atom stereocenters. The molecule has 31 heavy (non-hydrogen) atoms. The molecule has 7 nitrogen and oxygen atoms in total. The van der Waals surface area contributed by atoms with E-state index in [0.29, 0.717) is 24.9 Å². The van der Waals surface area contributed by atoms with Crippen molar-refractivity contribution in [3.63, 3.8) is 0 Å². The molecule has 168 valence electrons. The molecule has 2 aromatic rings. The first-order chi connectivity index (χ1) is 15.1. The number of guanidine groups is 1. The summed E-state index contributed by atoms with van der Waals surface area (Å²) in [6.07, 6.45) is 1.65. The Hall–Kier alpha value is -2.71. The number of ether oxygens (including phenoxy) is 1. The van der Waals surface area contributed by atoms with E-state index in [1.165, 1.54) is 6.07 Å². The summed E-state index contributed by atoms with van der Waals surface area (Å²) < 4.78 is 19.8. The van der Waals surface area contributed by atoms with Gasteiger partial charge in [0.15, 0.2) is 17.6 Å². The zero-order valence-corrected chi connectivity index (χ0v) is 18.2. The lowest BCUT2D eigenvalue weighted by Crippen LogP contribution is -2.45. The van der Waals surface area contributed by atoms with Crippen LogP contribution in [0.25, 0.3) is 0 Å². The van der Waals surface area contributed by atoms with Crippen LogP contribution in [0.3, 0.4) is 0 Å². The fourth-order valence-corrected chi connectivity index (χ4v) is 3.52. The molecular weight excluding hydrogens is 397 g/mol. The molecule has 0 radical (unpaired) electrons. The van der Waals surface area contributed by atoms with Crippen LogP contribution in [-0.2, 0) is 4.74 Å². The number of aliphatic imine (C=N–C) groups is 1. The van der Waals surface area contributed by atoms with Gasteiger partial charge in [-0.15, -0.1) is 0 Å². The molecule has 8 heteroatoms. The van der Waals surface area contributed by atoms with Gasteiger partial charge in [-0.2, -0.15) is 0 Å². The molecule has 1 saturated heterocycles. The summed E-state index contributed by atoms with van der Waals surface area (Å²) in [7, 11) is 0. The van der Waals surface area contributed by atoms with Gasteiger partial charge >= 0.3 is 0 Å². The summed E-state index contributed by atoms with van der Waals surface area (Å²) in [4.78, 5) is 10.6. The first-order valence-electron chi connectivity index (χ1n) is 10.8. The van der Waals surface area contributed by atoms with Crippen molar-refractivity contribution in [1.29, 1.82) is 0 Å². The summed E-state index contributed by atoms with van der Waals surface area (Å²) in [6.45, 7) is 6.44. The van der Waals surface area contributed by atoms with Crippen molar-refractivity contribution in [2.45, 2.75) is 38.5 Å². The number of rotatable bonds is 9. The third kappa shape index (κ3) is 6.90. The Bertz CT molecular complexity index is 836. The van der Waals surface area contributed by atoms with E-state index in [0.717, 1.165) is 18.5 Å². The van der Waals surface area contributed by atoms with Crippen molar-refractivity contribution < 1.29 is 14.2 Å². The number of halogens is 1. The van der Waals surface area contributed by atoms with Gasteiger partial charge < -0.3 is 25.4 Å². The van der Waals surface area contributed by atoms with E-state index in [1.807, 2.05) is 49.1 Å². The monoisotopic (exact) mass is 429 g/mol. The highest BCUT2D eigenvalue weighted by Gasteiger charge is 2.26. The summed E-state index contributed by atoms with van der Waals surface area (Å²) >= 11 is 0. The second-order valence-electron chi connectivity index (χ2n) is 7.64. The predicted molar refractivity (Wildman–Crippen MR) is 121 cm³/mol. The number of hydrogen-bond donors (Lipinski definition) is 3. The maximum Gasteiger partial charge on any atom is 0.191 e. The molecule has 0 bridgehead atoms. The van der Waals surface area contributed by atoms with E-state index in [1.54, 1.807) is 12.3 Å². The highest BCUT2D eigenvalue weighted by atomic mass is 19.1. The van der Waals surface area contributed by atoms with Crippen molar-refractivity contribution in [1.82, 2.24) is 15.6 Å². The van der Waals surface area contributed by atoms with Crippen LogP contribution in [0, 0.1) is 5.82 Å². The number of anilines is 1. The van der Waals surface area contributed by atoms with Crippen LogP contribution >= 0.6 is 0 Å². The van der Waals surface area contributed by atoms with Crippen LogP contribution in [0.2, 0.25) is 0 Å². The molecule has 0 spiro atoms. The zero-order chi connectivity index (χ0) is 22.1. The predicted octanol–water partition coefficient (Wildman–Crippen LogP) is 2.49. The van der Waals surface area contributed by atoms with Crippen LogP contribution in [0.5, 0.6) is 0 Å². The molecule has 1 aromatic heterocycles. The average Bonchev–Trinajstić information content (AvgIpc) is 3.25. The Morgan fingerprint density at radius 1 is 1.32 bits per heavy atom. The van der Waals surface area contributed by atoms with E-state index in [4.69, 9.17) is 4.74 Å². The highest BCUT2D eigenvalue weighted by molar-refractivity contribution is 5.80. The standard InChI is InChI=1S/C23H32FN5O2/c1-3-25-23(27-14-20(30)16-31-17(2)18-8-5-4-6-9-18)28-19-11-13-29(15-19)22-21(24)10-7-12-26-22/h4-10,12,17,19-20,30H,3,11,13-16H2,1-2H3,(H2,25,27,28). The fourth-order valence-electron chi connectivity index (χ4n) is 3.52. The van der Waals surface area contributed by atoms with Crippen LogP contribution < -0.4 is 15.5 Å². The quantitative estimate of drug-likeness (QED) is 0.420.